The highest BCUT2D eigenvalue weighted by atomic mass is 14.8. The minimum Gasteiger partial charge on any atom is -0.354 e. The number of aromatic amines is 2. The van der Waals surface area contributed by atoms with Crippen molar-refractivity contribution in [3.05, 3.63) is 215 Å². The number of hydrogen-bond donors (Lipinski definition) is 2. The zero-order valence-electron chi connectivity index (χ0n) is 41.5. The maximum atomic E-state index is 5.69. The predicted molar refractivity (Wildman–Crippen MR) is 305 cm³/mol. The van der Waals surface area contributed by atoms with Crippen molar-refractivity contribution in [2.75, 3.05) is 0 Å². The largest absolute Gasteiger partial charge is 0.354 e. The van der Waals surface area contributed by atoms with Crippen LogP contribution < -0.4 is 0 Å². The highest BCUT2D eigenvalue weighted by Gasteiger charge is 2.21. The Kier molecular flexibility index (Phi) is 11.4. The highest BCUT2D eigenvalue weighted by Crippen LogP contribution is 2.40. The van der Waals surface area contributed by atoms with E-state index >= 15 is 0 Å². The first-order chi connectivity index (χ1) is 34.8. The monoisotopic (exact) mass is 926 g/mol. The molecular weight excluding hydrogens is 873 g/mol. The van der Waals surface area contributed by atoms with Gasteiger partial charge < -0.3 is 9.97 Å². The van der Waals surface area contributed by atoms with E-state index in [-0.39, 0.29) is 10.8 Å². The van der Waals surface area contributed by atoms with Crippen molar-refractivity contribution in [2.45, 2.75) is 52.4 Å². The fourth-order valence-electron chi connectivity index (χ4n) is 9.87. The number of terminal acetylenes is 2. The lowest BCUT2D eigenvalue weighted by atomic mass is 9.86. The van der Waals surface area contributed by atoms with Crippen LogP contribution in [-0.2, 0) is 10.8 Å². The number of hydrogen-bond acceptors (Lipinski definition) is 2. The maximum Gasteiger partial charge on any atom is 0.0737 e. The molecule has 8 bridgehead atoms. The van der Waals surface area contributed by atoms with Gasteiger partial charge in [0.1, 0.15) is 0 Å². The summed E-state index contributed by atoms with van der Waals surface area (Å²) in [6.07, 6.45) is 20.0. The highest BCUT2D eigenvalue weighted by molar-refractivity contribution is 6.00. The normalized spacial score (nSPS) is 12.2. The number of H-pyrrole nitrogens is 2. The molecule has 2 aliphatic rings. The van der Waals surface area contributed by atoms with Crippen molar-refractivity contribution in [2.24, 2.45) is 0 Å². The molecule has 3 aromatic heterocycles. The lowest BCUT2D eigenvalue weighted by Gasteiger charge is -2.19. The van der Waals surface area contributed by atoms with Gasteiger partial charge in [0.2, 0.25) is 0 Å². The van der Waals surface area contributed by atoms with Gasteiger partial charge in [0.25, 0.3) is 0 Å². The quantitative estimate of drug-likeness (QED) is 0.163. The van der Waals surface area contributed by atoms with E-state index in [2.05, 4.69) is 233 Å². The van der Waals surface area contributed by atoms with Gasteiger partial charge in [-0.05, 0) is 139 Å². The smallest absolute Gasteiger partial charge is 0.0737 e. The molecule has 11 rings (SSSR count). The van der Waals surface area contributed by atoms with Crippen molar-refractivity contribution in [3.63, 3.8) is 0 Å². The summed E-state index contributed by atoms with van der Waals surface area (Å²) in [6, 6.07) is 60.4. The molecule has 6 aromatic carbocycles. The van der Waals surface area contributed by atoms with Crippen molar-refractivity contribution >= 4 is 46.4 Å². The number of rotatable bonds is 6. The third-order valence-electron chi connectivity index (χ3n) is 14.0. The molecule has 0 unspecified atom stereocenters. The van der Waals surface area contributed by atoms with Gasteiger partial charge in [0.15, 0.2) is 0 Å². The number of aromatic nitrogens is 4. The zero-order valence-corrected chi connectivity index (χ0v) is 41.5. The Balaban J connectivity index is 1.20. The first kappa shape index (κ1) is 45.5. The van der Waals surface area contributed by atoms with Crippen LogP contribution in [0.25, 0.3) is 113 Å². The Bertz CT molecular complexity index is 3610. The van der Waals surface area contributed by atoms with Crippen LogP contribution in [0.2, 0.25) is 0 Å². The summed E-state index contributed by atoms with van der Waals surface area (Å²) in [5, 5.41) is 0. The first-order valence-electron chi connectivity index (χ1n) is 24.5. The van der Waals surface area contributed by atoms with Crippen LogP contribution in [0.15, 0.2) is 170 Å². The molecule has 0 radical (unpaired) electrons. The molecule has 0 aliphatic carbocycles. The van der Waals surface area contributed by atoms with Crippen LogP contribution in [0.3, 0.4) is 0 Å². The van der Waals surface area contributed by atoms with E-state index in [0.717, 1.165) is 123 Å². The Hall–Kier alpha value is -8.96. The fraction of sp³-hybridized carbons (Fsp3) is 0.118. The number of nitrogens with one attached hydrogen (secondary N) is 2. The minimum absolute atomic E-state index is 0.00244. The lowest BCUT2D eigenvalue weighted by molar-refractivity contribution is 0.590. The summed E-state index contributed by atoms with van der Waals surface area (Å²) in [5.74, 6) is 5.47. The third kappa shape index (κ3) is 8.70. The van der Waals surface area contributed by atoms with Crippen LogP contribution in [0.5, 0.6) is 0 Å². The van der Waals surface area contributed by atoms with Crippen molar-refractivity contribution < 1.29 is 0 Å². The fourth-order valence-corrected chi connectivity index (χ4v) is 9.87. The number of fused-ring (bicyclic) bond motifs is 8. The average molecular weight is 927 g/mol. The molecule has 5 heterocycles. The van der Waals surface area contributed by atoms with E-state index in [1.807, 2.05) is 24.3 Å². The molecule has 0 amide bonds. The van der Waals surface area contributed by atoms with Gasteiger partial charge in [-0.3, -0.25) is 0 Å². The summed E-state index contributed by atoms with van der Waals surface area (Å²) in [6.45, 7) is 13.5. The summed E-state index contributed by atoms with van der Waals surface area (Å²) >= 11 is 0. The van der Waals surface area contributed by atoms with E-state index in [1.165, 1.54) is 11.1 Å². The van der Waals surface area contributed by atoms with Crippen molar-refractivity contribution in [1.29, 1.82) is 0 Å². The van der Waals surface area contributed by atoms with Crippen LogP contribution in [0.4, 0.5) is 0 Å². The van der Waals surface area contributed by atoms with Crippen LogP contribution in [0, 0.1) is 24.7 Å². The van der Waals surface area contributed by atoms with E-state index in [0.29, 0.717) is 0 Å². The molecule has 2 aliphatic heterocycles. The first-order valence-corrected chi connectivity index (χ1v) is 24.5. The van der Waals surface area contributed by atoms with Gasteiger partial charge in [-0.15, -0.1) is 12.8 Å². The van der Waals surface area contributed by atoms with Gasteiger partial charge in [0, 0.05) is 55.4 Å². The van der Waals surface area contributed by atoms with Gasteiger partial charge >= 0.3 is 0 Å². The Labute approximate surface area is 423 Å². The maximum absolute atomic E-state index is 5.69. The molecule has 4 heteroatoms. The molecule has 0 atom stereocenters. The third-order valence-corrected chi connectivity index (χ3v) is 14.0. The second-order valence-corrected chi connectivity index (χ2v) is 20.8. The van der Waals surface area contributed by atoms with Crippen molar-refractivity contribution in [3.8, 4) is 91.4 Å². The molecular formula is C68H54N4. The topological polar surface area (TPSA) is 57.4 Å². The molecule has 346 valence electrons. The second-order valence-electron chi connectivity index (χ2n) is 20.8. The Morgan fingerprint density at radius 1 is 0.306 bits per heavy atom. The number of benzene rings is 6. The summed E-state index contributed by atoms with van der Waals surface area (Å²) in [7, 11) is 0. The van der Waals surface area contributed by atoms with E-state index in [4.69, 9.17) is 22.8 Å². The SMILES string of the molecule is C#Cc1ccc(-c2ccc(-c3c4nc(c(-c5ccc(C(C)(C)C)cc5)c5ccc([nH]5)c(-c5ccc(-c6ccc(C#C)cc6)cc5)c5nc(c(-c6ccc(C(C)(C)C)cc6)c6ccc3[nH]6)C=C5)C=C4)cc2)cc1. The molecule has 9 aromatic rings. The molecule has 4 nitrogen and oxygen atoms in total. The average Bonchev–Trinajstić information content (AvgIpc) is 4.26. The molecule has 0 saturated heterocycles. The van der Waals surface area contributed by atoms with E-state index in [9.17, 15) is 0 Å². The zero-order chi connectivity index (χ0) is 49.7. The molecule has 2 N–H and O–H groups in total. The minimum atomic E-state index is -0.00244. The number of nitrogens with zero attached hydrogens (tertiary/aromatic N) is 2. The van der Waals surface area contributed by atoms with Gasteiger partial charge in [0.05, 0.1) is 22.8 Å². The van der Waals surface area contributed by atoms with E-state index in [1.54, 1.807) is 0 Å². The van der Waals surface area contributed by atoms with Gasteiger partial charge in [-0.2, -0.15) is 0 Å². The summed E-state index contributed by atoms with van der Waals surface area (Å²) in [4.78, 5) is 19.0. The van der Waals surface area contributed by atoms with E-state index < -0.39 is 0 Å². The molecule has 0 fully saturated rings. The van der Waals surface area contributed by atoms with Crippen LogP contribution >= 0.6 is 0 Å². The van der Waals surface area contributed by atoms with Gasteiger partial charge in [-0.1, -0.05) is 175 Å². The molecule has 72 heavy (non-hydrogen) atoms. The Morgan fingerprint density at radius 3 is 0.764 bits per heavy atom. The van der Waals surface area contributed by atoms with Gasteiger partial charge in [-0.25, -0.2) is 9.97 Å². The van der Waals surface area contributed by atoms with Crippen LogP contribution in [-0.4, -0.2) is 19.9 Å². The molecule has 0 spiro atoms. The Morgan fingerprint density at radius 2 is 0.528 bits per heavy atom. The summed E-state index contributed by atoms with van der Waals surface area (Å²) < 4.78 is 0. The van der Waals surface area contributed by atoms with Crippen LogP contribution in [0.1, 0.15) is 86.6 Å². The second kappa shape index (κ2) is 18.1. The lowest BCUT2D eigenvalue weighted by Crippen LogP contribution is -2.10. The van der Waals surface area contributed by atoms with Crippen molar-refractivity contribution in [1.82, 2.24) is 19.9 Å². The standard InChI is InChI=1S/C68H54N4/c1-9-43-11-15-45(16-12-43)47-19-23-49(24-20-47)63-55-35-39-59(69-55)65(51-27-31-53(32-28-51)67(3,4)5)61-41-37-57(71-61)64(50-25-21-48(22-26-50)46-17-13-44(10-2)14-18-46)58-38-42-62(72-58)66(60-40-36-56(63)70-60)52-29-33-54(34-30-52)68(6,7)8/h1-2,11-42,69,72H,3-8H3. The summed E-state index contributed by atoms with van der Waals surface area (Å²) in [5.41, 5.74) is 24.1. The molecule has 0 saturated carbocycles. The predicted octanol–water partition coefficient (Wildman–Crippen LogP) is 17.2.